The van der Waals surface area contributed by atoms with Crippen molar-refractivity contribution in [2.24, 2.45) is 5.41 Å². The highest BCUT2D eigenvalue weighted by atomic mass is 15.2. The summed E-state index contributed by atoms with van der Waals surface area (Å²) in [6, 6.07) is 4.81. The first-order valence-corrected chi connectivity index (χ1v) is 8.58. The number of hydrogen-bond acceptors (Lipinski definition) is 3. The van der Waals surface area contributed by atoms with Crippen molar-refractivity contribution in [1.29, 1.82) is 0 Å². The Bertz CT molecular complexity index is 423. The molecule has 0 aliphatic carbocycles. The topological polar surface area (TPSA) is 28.2 Å². The van der Waals surface area contributed by atoms with Crippen LogP contribution >= 0.6 is 0 Å². The lowest BCUT2D eigenvalue weighted by Gasteiger charge is -2.26. The van der Waals surface area contributed by atoms with Gasteiger partial charge in [0.15, 0.2) is 0 Å². The fourth-order valence-corrected chi connectivity index (χ4v) is 3.28. The highest BCUT2D eigenvalue weighted by molar-refractivity contribution is 5.41. The van der Waals surface area contributed by atoms with Crippen LogP contribution in [0, 0.1) is 5.41 Å². The van der Waals surface area contributed by atoms with E-state index in [-0.39, 0.29) is 0 Å². The van der Waals surface area contributed by atoms with Crippen molar-refractivity contribution >= 4 is 5.82 Å². The highest BCUT2D eigenvalue weighted by Crippen LogP contribution is 2.38. The summed E-state index contributed by atoms with van der Waals surface area (Å²) in [5, 5.41) is 3.52. The Kier molecular flexibility index (Phi) is 5.63. The van der Waals surface area contributed by atoms with Gasteiger partial charge >= 0.3 is 0 Å². The minimum Gasteiger partial charge on any atom is -0.356 e. The van der Waals surface area contributed by atoms with Crippen molar-refractivity contribution in [3.8, 4) is 0 Å². The van der Waals surface area contributed by atoms with Crippen LogP contribution in [0.2, 0.25) is 0 Å². The first kappa shape index (κ1) is 16.3. The van der Waals surface area contributed by atoms with Crippen molar-refractivity contribution in [3.05, 3.63) is 23.9 Å². The lowest BCUT2D eigenvalue weighted by atomic mass is 9.82. The summed E-state index contributed by atoms with van der Waals surface area (Å²) in [7, 11) is 0. The fraction of sp³-hybridized carbons (Fsp3) is 0.722. The number of rotatable bonds is 7. The Hall–Kier alpha value is -1.09. The van der Waals surface area contributed by atoms with Gasteiger partial charge in [-0.3, -0.25) is 0 Å². The van der Waals surface area contributed by atoms with Crippen LogP contribution in [0.25, 0.3) is 0 Å². The van der Waals surface area contributed by atoms with Gasteiger partial charge in [-0.15, -0.1) is 0 Å². The molecule has 0 aromatic carbocycles. The van der Waals surface area contributed by atoms with Crippen molar-refractivity contribution in [3.63, 3.8) is 0 Å². The quantitative estimate of drug-likeness (QED) is 0.817. The van der Waals surface area contributed by atoms with Crippen LogP contribution in [0.15, 0.2) is 18.3 Å². The molecule has 1 aromatic rings. The first-order chi connectivity index (χ1) is 10.1. The van der Waals surface area contributed by atoms with Gasteiger partial charge in [0, 0.05) is 25.3 Å². The molecule has 3 heteroatoms. The summed E-state index contributed by atoms with van der Waals surface area (Å²) in [5.74, 6) is 1.14. The molecule has 0 radical (unpaired) electrons. The minimum atomic E-state index is 0.385. The maximum absolute atomic E-state index is 4.71. The summed E-state index contributed by atoms with van der Waals surface area (Å²) in [4.78, 5) is 7.17. The third-order valence-corrected chi connectivity index (χ3v) is 5.23. The Balaban J connectivity index is 2.00. The van der Waals surface area contributed by atoms with E-state index in [9.17, 15) is 0 Å². The molecule has 118 valence electrons. The van der Waals surface area contributed by atoms with Crippen molar-refractivity contribution < 1.29 is 0 Å². The zero-order valence-corrected chi connectivity index (χ0v) is 14.2. The van der Waals surface area contributed by atoms with E-state index in [4.69, 9.17) is 4.98 Å². The van der Waals surface area contributed by atoms with E-state index in [1.165, 1.54) is 31.2 Å². The Morgan fingerprint density at radius 1 is 1.29 bits per heavy atom. The third-order valence-electron chi connectivity index (χ3n) is 5.23. The second kappa shape index (κ2) is 7.26. The second-order valence-electron chi connectivity index (χ2n) is 6.50. The van der Waals surface area contributed by atoms with Crippen LogP contribution in [-0.4, -0.2) is 24.6 Å². The van der Waals surface area contributed by atoms with Gasteiger partial charge in [0.25, 0.3) is 0 Å². The van der Waals surface area contributed by atoms with Crippen LogP contribution in [0.4, 0.5) is 5.82 Å². The Labute approximate surface area is 130 Å². The third kappa shape index (κ3) is 3.76. The van der Waals surface area contributed by atoms with Crippen LogP contribution in [-0.2, 0) is 0 Å². The normalized spacial score (nSPS) is 19.0. The zero-order chi connectivity index (χ0) is 15.3. The van der Waals surface area contributed by atoms with Gasteiger partial charge in [0.1, 0.15) is 5.82 Å². The molecule has 1 fully saturated rings. The smallest absolute Gasteiger partial charge is 0.128 e. The summed E-state index contributed by atoms with van der Waals surface area (Å²) in [5.41, 5.74) is 1.79. The van der Waals surface area contributed by atoms with E-state index in [0.29, 0.717) is 11.5 Å². The molecule has 21 heavy (non-hydrogen) atoms. The molecule has 1 unspecified atom stereocenters. The zero-order valence-electron chi connectivity index (χ0n) is 14.2. The molecule has 0 saturated carbocycles. The second-order valence-corrected chi connectivity index (χ2v) is 6.50. The van der Waals surface area contributed by atoms with Gasteiger partial charge in [0.2, 0.25) is 0 Å². The molecule has 3 nitrogen and oxygen atoms in total. The summed E-state index contributed by atoms with van der Waals surface area (Å²) >= 11 is 0. The molecule has 1 saturated heterocycles. The van der Waals surface area contributed by atoms with Gasteiger partial charge in [-0.05, 0) is 56.2 Å². The van der Waals surface area contributed by atoms with Gasteiger partial charge in [0.05, 0.1) is 0 Å². The van der Waals surface area contributed by atoms with Crippen LogP contribution in [0.1, 0.15) is 65.0 Å². The Morgan fingerprint density at radius 2 is 2.05 bits per heavy atom. The molecule has 1 N–H and O–H groups in total. The van der Waals surface area contributed by atoms with E-state index < -0.39 is 0 Å². The predicted molar refractivity (Wildman–Crippen MR) is 90.8 cm³/mol. The molecule has 1 aliphatic heterocycles. The van der Waals surface area contributed by atoms with Gasteiger partial charge in [-0.1, -0.05) is 26.8 Å². The molecule has 1 aromatic heterocycles. The van der Waals surface area contributed by atoms with Gasteiger partial charge in [-0.2, -0.15) is 0 Å². The number of pyridine rings is 1. The molecule has 0 spiro atoms. The summed E-state index contributed by atoms with van der Waals surface area (Å²) in [6.07, 6.45) is 7.06. The van der Waals surface area contributed by atoms with Gasteiger partial charge in [-0.25, -0.2) is 4.98 Å². The molecule has 0 bridgehead atoms. The van der Waals surface area contributed by atoms with Gasteiger partial charge < -0.3 is 10.2 Å². The maximum Gasteiger partial charge on any atom is 0.128 e. The molecule has 2 rings (SSSR count). The van der Waals surface area contributed by atoms with E-state index in [0.717, 1.165) is 25.5 Å². The lowest BCUT2D eigenvalue weighted by molar-refractivity contribution is 0.301. The maximum atomic E-state index is 4.71. The molecular formula is C18H31N3. The van der Waals surface area contributed by atoms with Crippen LogP contribution < -0.4 is 10.2 Å². The standard InChI is InChI=1S/C18H31N3/c1-5-11-19-15(4)16-8-9-17(20-13-16)21-12-10-18(6-2,7-3)14-21/h8-9,13,15,19H,5-7,10-12,14H2,1-4H3. The molecule has 0 amide bonds. The van der Waals surface area contributed by atoms with E-state index in [1.807, 2.05) is 6.20 Å². The number of anilines is 1. The number of nitrogens with one attached hydrogen (secondary N) is 1. The molecule has 2 heterocycles. The SMILES string of the molecule is CCCNC(C)c1ccc(N2CCC(CC)(CC)C2)nc1. The number of aromatic nitrogens is 1. The number of hydrogen-bond donors (Lipinski definition) is 1. The van der Waals surface area contributed by atoms with E-state index >= 15 is 0 Å². The number of nitrogens with zero attached hydrogens (tertiary/aromatic N) is 2. The average Bonchev–Trinajstić information content (AvgIpc) is 2.98. The molecular weight excluding hydrogens is 258 g/mol. The van der Waals surface area contributed by atoms with E-state index in [1.54, 1.807) is 0 Å². The fourth-order valence-electron chi connectivity index (χ4n) is 3.28. The van der Waals surface area contributed by atoms with Crippen LogP contribution in [0.5, 0.6) is 0 Å². The van der Waals surface area contributed by atoms with Crippen molar-refractivity contribution in [2.45, 2.75) is 59.4 Å². The largest absolute Gasteiger partial charge is 0.356 e. The first-order valence-electron chi connectivity index (χ1n) is 8.58. The van der Waals surface area contributed by atoms with Crippen molar-refractivity contribution in [2.75, 3.05) is 24.5 Å². The highest BCUT2D eigenvalue weighted by Gasteiger charge is 2.35. The van der Waals surface area contributed by atoms with Crippen molar-refractivity contribution in [1.82, 2.24) is 10.3 Å². The van der Waals surface area contributed by atoms with Crippen LogP contribution in [0.3, 0.4) is 0 Å². The molecule has 1 atom stereocenters. The molecule has 1 aliphatic rings. The minimum absolute atomic E-state index is 0.385. The van der Waals surface area contributed by atoms with E-state index in [2.05, 4.69) is 50.0 Å². The summed E-state index contributed by atoms with van der Waals surface area (Å²) < 4.78 is 0. The lowest BCUT2D eigenvalue weighted by Crippen LogP contribution is -2.26. The monoisotopic (exact) mass is 289 g/mol. The predicted octanol–water partition coefficient (Wildman–Crippen LogP) is 4.16. The Morgan fingerprint density at radius 3 is 2.57 bits per heavy atom. The summed E-state index contributed by atoms with van der Waals surface area (Å²) in [6.45, 7) is 12.4. The average molecular weight is 289 g/mol.